The molecule has 0 heterocycles. The van der Waals surface area contributed by atoms with E-state index in [-0.39, 0.29) is 29.8 Å². The van der Waals surface area contributed by atoms with Crippen molar-refractivity contribution in [2.75, 3.05) is 30.5 Å². The first-order chi connectivity index (χ1) is 14.4. The summed E-state index contributed by atoms with van der Waals surface area (Å²) >= 11 is 0. The number of amides is 1. The van der Waals surface area contributed by atoms with Gasteiger partial charge >= 0.3 is 0 Å². The summed E-state index contributed by atoms with van der Waals surface area (Å²) < 4.78 is 54.1. The Kier molecular flexibility index (Phi) is 8.08. The number of rotatable bonds is 10. The van der Waals surface area contributed by atoms with Crippen LogP contribution in [0.25, 0.3) is 0 Å². The van der Waals surface area contributed by atoms with Crippen molar-refractivity contribution in [3.8, 4) is 5.75 Å². The summed E-state index contributed by atoms with van der Waals surface area (Å²) in [6.07, 6.45) is 2.70. The molecule has 0 aliphatic rings. The molecule has 2 aromatic carbocycles. The number of ether oxygens (including phenoxy) is 1. The summed E-state index contributed by atoms with van der Waals surface area (Å²) in [6, 6.07) is 12.8. The number of hydrogen-bond donors (Lipinski definition) is 1. The van der Waals surface area contributed by atoms with Gasteiger partial charge in [0, 0.05) is 19.2 Å². The zero-order chi connectivity index (χ0) is 23.2. The van der Waals surface area contributed by atoms with E-state index in [0.29, 0.717) is 17.9 Å². The Morgan fingerprint density at radius 3 is 2.19 bits per heavy atom. The molecule has 2 rings (SSSR count). The number of methoxy groups -OCH3 is 1. The van der Waals surface area contributed by atoms with Crippen LogP contribution >= 0.6 is 0 Å². The van der Waals surface area contributed by atoms with Crippen LogP contribution in [0.1, 0.15) is 31.4 Å². The molecule has 0 fully saturated rings. The summed E-state index contributed by atoms with van der Waals surface area (Å²) in [6.45, 7) is 1.93. The molecule has 1 atom stereocenters. The summed E-state index contributed by atoms with van der Waals surface area (Å²) in [5, 5.41) is 2.85. The maximum absolute atomic E-state index is 12.3. The van der Waals surface area contributed by atoms with E-state index in [9.17, 15) is 21.6 Å². The van der Waals surface area contributed by atoms with Gasteiger partial charge in [0.2, 0.25) is 15.9 Å². The molecule has 0 saturated heterocycles. The maximum Gasteiger partial charge on any atom is 0.232 e. The quantitative estimate of drug-likeness (QED) is 0.574. The number of nitrogens with one attached hydrogen (secondary N) is 1. The molecule has 0 aliphatic heterocycles. The van der Waals surface area contributed by atoms with Crippen LogP contribution < -0.4 is 14.4 Å². The second-order valence-corrected chi connectivity index (χ2v) is 11.2. The molecule has 1 amide bonds. The minimum Gasteiger partial charge on any atom is -0.495 e. The zero-order valence-corrected chi connectivity index (χ0v) is 19.7. The van der Waals surface area contributed by atoms with Crippen molar-refractivity contribution >= 4 is 31.5 Å². The second kappa shape index (κ2) is 10.1. The zero-order valence-electron chi connectivity index (χ0n) is 18.0. The standard InChI is InChI=1S/C21H28N2O6S2/c1-16(17-11-13-18(14-12-17)30(3,25)26)22-21(24)10-7-15-23(31(4,27)28)19-8-5-6-9-20(19)29-2/h5-6,8-9,11-14,16H,7,10,15H2,1-4H3,(H,22,24)/t16-/m0/s1. The van der Waals surface area contributed by atoms with Gasteiger partial charge in [-0.05, 0) is 43.2 Å². The number of hydrogen-bond acceptors (Lipinski definition) is 6. The average Bonchev–Trinajstić information content (AvgIpc) is 2.69. The highest BCUT2D eigenvalue weighted by Gasteiger charge is 2.21. The predicted octanol–water partition coefficient (Wildman–Crippen LogP) is 2.52. The highest BCUT2D eigenvalue weighted by Crippen LogP contribution is 2.29. The van der Waals surface area contributed by atoms with E-state index in [1.54, 1.807) is 43.3 Å². The average molecular weight is 469 g/mol. The van der Waals surface area contributed by atoms with Crippen LogP contribution in [-0.2, 0) is 24.7 Å². The predicted molar refractivity (Wildman–Crippen MR) is 121 cm³/mol. The van der Waals surface area contributed by atoms with Crippen molar-refractivity contribution < 1.29 is 26.4 Å². The Labute approximate surface area is 184 Å². The van der Waals surface area contributed by atoms with Gasteiger partial charge in [0.1, 0.15) is 5.75 Å². The molecule has 8 nitrogen and oxygen atoms in total. The molecule has 0 aliphatic carbocycles. The molecule has 0 aromatic heterocycles. The molecular weight excluding hydrogens is 440 g/mol. The number of sulfonamides is 1. The second-order valence-electron chi connectivity index (χ2n) is 7.24. The van der Waals surface area contributed by atoms with Gasteiger partial charge in [0.05, 0.1) is 30.0 Å². The van der Waals surface area contributed by atoms with E-state index in [2.05, 4.69) is 5.32 Å². The van der Waals surface area contributed by atoms with Crippen LogP contribution in [-0.4, -0.2) is 48.9 Å². The fraction of sp³-hybridized carbons (Fsp3) is 0.381. The number of para-hydroxylation sites is 2. The van der Waals surface area contributed by atoms with Crippen LogP contribution in [0.15, 0.2) is 53.4 Å². The van der Waals surface area contributed by atoms with E-state index < -0.39 is 19.9 Å². The van der Waals surface area contributed by atoms with Crippen LogP contribution in [0.3, 0.4) is 0 Å². The van der Waals surface area contributed by atoms with Gasteiger partial charge in [-0.1, -0.05) is 24.3 Å². The molecule has 2 aromatic rings. The van der Waals surface area contributed by atoms with Gasteiger partial charge in [0.25, 0.3) is 0 Å². The first-order valence-corrected chi connectivity index (χ1v) is 13.4. The van der Waals surface area contributed by atoms with Crippen LogP contribution in [0.2, 0.25) is 0 Å². The third-order valence-electron chi connectivity index (χ3n) is 4.70. The van der Waals surface area contributed by atoms with Gasteiger partial charge in [0.15, 0.2) is 9.84 Å². The topological polar surface area (TPSA) is 110 Å². The van der Waals surface area contributed by atoms with E-state index in [0.717, 1.165) is 18.1 Å². The molecule has 0 saturated carbocycles. The van der Waals surface area contributed by atoms with Crippen molar-refractivity contribution in [2.45, 2.75) is 30.7 Å². The minimum atomic E-state index is -3.56. The Morgan fingerprint density at radius 1 is 1.03 bits per heavy atom. The van der Waals surface area contributed by atoms with Crippen LogP contribution in [0, 0.1) is 0 Å². The van der Waals surface area contributed by atoms with E-state index >= 15 is 0 Å². The Morgan fingerprint density at radius 2 is 1.65 bits per heavy atom. The SMILES string of the molecule is COc1ccccc1N(CCCC(=O)N[C@@H](C)c1ccc(S(C)(=O)=O)cc1)S(C)(=O)=O. The third-order valence-corrected chi connectivity index (χ3v) is 7.01. The fourth-order valence-corrected chi connectivity index (χ4v) is 4.68. The molecule has 31 heavy (non-hydrogen) atoms. The number of carbonyl (C=O) groups excluding carboxylic acids is 1. The first-order valence-electron chi connectivity index (χ1n) is 9.63. The van der Waals surface area contributed by atoms with E-state index in [1.165, 1.54) is 23.5 Å². The monoisotopic (exact) mass is 468 g/mol. The molecule has 0 unspecified atom stereocenters. The van der Waals surface area contributed by atoms with Crippen molar-refractivity contribution in [3.05, 3.63) is 54.1 Å². The summed E-state index contributed by atoms with van der Waals surface area (Å²) in [5.41, 5.74) is 1.19. The summed E-state index contributed by atoms with van der Waals surface area (Å²) in [5.74, 6) is 0.205. The molecule has 1 N–H and O–H groups in total. The number of carbonyl (C=O) groups is 1. The maximum atomic E-state index is 12.3. The fourth-order valence-electron chi connectivity index (χ4n) is 3.08. The lowest BCUT2D eigenvalue weighted by atomic mass is 10.1. The van der Waals surface area contributed by atoms with Gasteiger partial charge in [-0.2, -0.15) is 0 Å². The van der Waals surface area contributed by atoms with E-state index in [1.807, 2.05) is 0 Å². The Hall–Kier alpha value is -2.59. The number of sulfone groups is 1. The van der Waals surface area contributed by atoms with Gasteiger partial charge < -0.3 is 10.1 Å². The van der Waals surface area contributed by atoms with Crippen LogP contribution in [0.4, 0.5) is 5.69 Å². The number of nitrogens with zero attached hydrogens (tertiary/aromatic N) is 1. The highest BCUT2D eigenvalue weighted by molar-refractivity contribution is 7.92. The van der Waals surface area contributed by atoms with Gasteiger partial charge in [-0.15, -0.1) is 0 Å². The highest BCUT2D eigenvalue weighted by atomic mass is 32.2. The minimum absolute atomic E-state index is 0.129. The van der Waals surface area contributed by atoms with Crippen molar-refractivity contribution in [2.24, 2.45) is 0 Å². The van der Waals surface area contributed by atoms with Crippen LogP contribution in [0.5, 0.6) is 5.75 Å². The van der Waals surface area contributed by atoms with Gasteiger partial charge in [-0.3, -0.25) is 9.10 Å². The first kappa shape index (κ1) is 24.7. The number of benzene rings is 2. The smallest absolute Gasteiger partial charge is 0.232 e. The molecular formula is C21H28N2O6S2. The number of anilines is 1. The summed E-state index contributed by atoms with van der Waals surface area (Å²) in [7, 11) is -5.37. The Bertz CT molecular complexity index is 1110. The molecule has 0 bridgehead atoms. The van der Waals surface area contributed by atoms with Crippen molar-refractivity contribution in [1.82, 2.24) is 5.32 Å². The lowest BCUT2D eigenvalue weighted by Gasteiger charge is -2.24. The largest absolute Gasteiger partial charge is 0.495 e. The molecule has 0 spiro atoms. The normalized spacial score (nSPS) is 12.8. The molecule has 170 valence electrons. The lowest BCUT2D eigenvalue weighted by Crippen LogP contribution is -2.32. The summed E-state index contributed by atoms with van der Waals surface area (Å²) in [4.78, 5) is 12.6. The van der Waals surface area contributed by atoms with Crippen molar-refractivity contribution in [3.63, 3.8) is 0 Å². The van der Waals surface area contributed by atoms with Gasteiger partial charge in [-0.25, -0.2) is 16.8 Å². The van der Waals surface area contributed by atoms with E-state index in [4.69, 9.17) is 4.74 Å². The Balaban J connectivity index is 1.98. The third kappa shape index (κ3) is 6.96. The molecule has 10 heteroatoms. The molecule has 0 radical (unpaired) electrons. The lowest BCUT2D eigenvalue weighted by molar-refractivity contribution is -0.121. The van der Waals surface area contributed by atoms with Crippen molar-refractivity contribution in [1.29, 1.82) is 0 Å².